The molecule has 2 N–H and O–H groups in total. The summed E-state index contributed by atoms with van der Waals surface area (Å²) in [6, 6.07) is 36.4. The van der Waals surface area contributed by atoms with Crippen LogP contribution >= 0.6 is 0 Å². The highest BCUT2D eigenvalue weighted by molar-refractivity contribution is 6.09. The van der Waals surface area contributed by atoms with Crippen LogP contribution in [0.2, 0.25) is 0 Å². The molecule has 268 valence electrons. The third-order valence-corrected chi connectivity index (χ3v) is 13.2. The summed E-state index contributed by atoms with van der Waals surface area (Å²) in [6.45, 7) is 9.41. The van der Waals surface area contributed by atoms with Gasteiger partial charge < -0.3 is 4.90 Å². The van der Waals surface area contributed by atoms with Crippen molar-refractivity contribution in [2.45, 2.75) is 65.6 Å². The standard InChI is InChI=1S/C49H47N5/c1-31-13-10-18-36(27-31)47-50-46(34-16-6-5-7-17-34)53-48(54(47)53)52-42-22-9-8-20-39(42)40-29-35(23-25-43(40)52)37-24-26-44-49(4,30-37)41-21-12-15-33(3)45(41)51(44)38-19-11-14-32(2)28-38/h5-14,16-26,28-29,31,33,46-48,50H,15,27,30H2,1-4H3/p+1. The summed E-state index contributed by atoms with van der Waals surface area (Å²) in [6.07, 6.45) is 20.3. The molecule has 2 saturated heterocycles. The van der Waals surface area contributed by atoms with E-state index >= 15 is 0 Å². The molecule has 8 atom stereocenters. The van der Waals surface area contributed by atoms with Crippen molar-refractivity contribution < 1.29 is 5.01 Å². The van der Waals surface area contributed by atoms with Crippen LogP contribution in [0.15, 0.2) is 162 Å². The van der Waals surface area contributed by atoms with Gasteiger partial charge in [-0.25, -0.2) is 5.32 Å². The number of anilines is 1. The monoisotopic (exact) mass is 706 g/mol. The van der Waals surface area contributed by atoms with Gasteiger partial charge in [-0.15, -0.1) is 0 Å². The number of para-hydroxylation sites is 1. The molecule has 3 aliphatic heterocycles. The Labute approximate surface area is 318 Å². The molecule has 5 nitrogen and oxygen atoms in total. The number of allylic oxidation sites excluding steroid dienone is 10. The summed E-state index contributed by atoms with van der Waals surface area (Å²) in [5.41, 5.74) is 15.0. The molecule has 54 heavy (non-hydrogen) atoms. The van der Waals surface area contributed by atoms with Crippen molar-refractivity contribution in [1.82, 2.24) is 14.9 Å². The lowest BCUT2D eigenvalue weighted by Gasteiger charge is -2.35. The average molecular weight is 707 g/mol. The molecule has 2 fully saturated rings. The van der Waals surface area contributed by atoms with Gasteiger partial charge in [-0.3, -0.25) is 4.57 Å². The zero-order chi connectivity index (χ0) is 36.3. The first-order chi connectivity index (χ1) is 26.4. The summed E-state index contributed by atoms with van der Waals surface area (Å²) < 4.78 is 2.63. The molecule has 0 amide bonds. The van der Waals surface area contributed by atoms with Crippen molar-refractivity contribution in [3.63, 3.8) is 0 Å². The normalized spacial score (nSPS) is 31.0. The Kier molecular flexibility index (Phi) is 7.11. The maximum Gasteiger partial charge on any atom is 0.291 e. The van der Waals surface area contributed by atoms with Gasteiger partial charge in [0.1, 0.15) is 6.17 Å². The van der Waals surface area contributed by atoms with Crippen molar-refractivity contribution in [3.05, 3.63) is 179 Å². The van der Waals surface area contributed by atoms with Crippen LogP contribution in [0.25, 0.3) is 27.4 Å². The first-order valence-electron chi connectivity index (χ1n) is 19.9. The van der Waals surface area contributed by atoms with Crippen LogP contribution in [0.4, 0.5) is 5.69 Å². The van der Waals surface area contributed by atoms with Gasteiger partial charge in [0.15, 0.2) is 6.17 Å². The fourth-order valence-electron chi connectivity index (χ4n) is 10.6. The Hall–Kier alpha value is -5.20. The zero-order valence-corrected chi connectivity index (χ0v) is 31.6. The molecule has 0 bridgehead atoms. The van der Waals surface area contributed by atoms with Crippen molar-refractivity contribution in [2.75, 3.05) is 4.90 Å². The summed E-state index contributed by atoms with van der Waals surface area (Å²) in [5, 5.41) is 10.8. The van der Waals surface area contributed by atoms with Gasteiger partial charge in [0.25, 0.3) is 6.29 Å². The zero-order valence-electron chi connectivity index (χ0n) is 31.6. The lowest BCUT2D eigenvalue weighted by molar-refractivity contribution is -0.873. The van der Waals surface area contributed by atoms with Crippen LogP contribution in [-0.2, 0) is 0 Å². The molecule has 4 heterocycles. The Morgan fingerprint density at radius 1 is 0.833 bits per heavy atom. The fraction of sp³-hybridized carbons (Fsp3) is 0.265. The van der Waals surface area contributed by atoms with Gasteiger partial charge in [-0.1, -0.05) is 122 Å². The molecule has 4 aromatic carbocycles. The minimum atomic E-state index is -0.0956. The minimum absolute atomic E-state index is 0.0956. The van der Waals surface area contributed by atoms with Gasteiger partial charge in [-0.05, 0) is 103 Å². The summed E-state index contributed by atoms with van der Waals surface area (Å²) in [5.74, 6) is 1.02. The van der Waals surface area contributed by atoms with E-state index in [1.807, 2.05) is 0 Å². The Bertz CT molecular complexity index is 2560. The van der Waals surface area contributed by atoms with E-state index in [4.69, 9.17) is 0 Å². The van der Waals surface area contributed by atoms with Gasteiger partial charge in [0.2, 0.25) is 0 Å². The molecule has 5 aromatic rings. The van der Waals surface area contributed by atoms with Gasteiger partial charge in [0.05, 0.1) is 11.0 Å². The number of rotatable bonds is 5. The maximum absolute atomic E-state index is 4.05. The number of nitrogens with one attached hydrogen (secondary N) is 2. The molecule has 5 heteroatoms. The van der Waals surface area contributed by atoms with Crippen molar-refractivity contribution in [3.8, 4) is 0 Å². The van der Waals surface area contributed by atoms with E-state index in [9.17, 15) is 0 Å². The Morgan fingerprint density at radius 2 is 1.67 bits per heavy atom. The molecular weight excluding hydrogens is 659 g/mol. The predicted octanol–water partition coefficient (Wildman–Crippen LogP) is 9.87. The second-order valence-corrected chi connectivity index (χ2v) is 16.8. The molecule has 11 rings (SSSR count). The first kappa shape index (κ1) is 32.2. The third kappa shape index (κ3) is 4.68. The third-order valence-electron chi connectivity index (χ3n) is 13.2. The Balaban J connectivity index is 1.01. The second-order valence-electron chi connectivity index (χ2n) is 16.8. The number of benzene rings is 4. The predicted molar refractivity (Wildman–Crippen MR) is 221 cm³/mol. The largest absolute Gasteiger partial charge is 0.316 e. The van der Waals surface area contributed by atoms with Crippen LogP contribution in [0.3, 0.4) is 0 Å². The minimum Gasteiger partial charge on any atom is -0.316 e. The van der Waals surface area contributed by atoms with Gasteiger partial charge in [-0.2, -0.15) is 5.01 Å². The van der Waals surface area contributed by atoms with Gasteiger partial charge in [0, 0.05) is 44.8 Å². The van der Waals surface area contributed by atoms with E-state index in [2.05, 4.69) is 187 Å². The molecule has 0 radical (unpaired) electrons. The van der Waals surface area contributed by atoms with E-state index in [1.54, 1.807) is 0 Å². The van der Waals surface area contributed by atoms with E-state index in [-0.39, 0.29) is 24.0 Å². The SMILES string of the molecule is Cc1cccc(N2C3=CC=C(c4ccc5c(c4)c4ccccc4n5C4N5C(C6=CC=CC(C)C6)NC(c6ccccc6)[NH+]45)CC3(C)C3=C2C(C)CC=C3)c1. The number of nitrogens with zero attached hydrogens (tertiary/aromatic N) is 3. The highest BCUT2D eigenvalue weighted by Gasteiger charge is 2.68. The van der Waals surface area contributed by atoms with E-state index in [1.165, 1.54) is 77.3 Å². The molecule has 0 spiro atoms. The summed E-state index contributed by atoms with van der Waals surface area (Å²) in [4.78, 5) is 2.59. The summed E-state index contributed by atoms with van der Waals surface area (Å²) in [7, 11) is 0. The lowest BCUT2D eigenvalue weighted by Crippen LogP contribution is -2.95. The lowest BCUT2D eigenvalue weighted by atomic mass is 9.70. The maximum atomic E-state index is 4.05. The number of aromatic nitrogens is 1. The van der Waals surface area contributed by atoms with Crippen LogP contribution < -0.4 is 15.2 Å². The van der Waals surface area contributed by atoms with Crippen LogP contribution in [-0.4, -0.2) is 15.7 Å². The second kappa shape index (κ2) is 11.9. The molecule has 6 aliphatic rings. The van der Waals surface area contributed by atoms with Gasteiger partial charge >= 0.3 is 0 Å². The average Bonchev–Trinajstić information content (AvgIpc) is 3.48. The van der Waals surface area contributed by atoms with Crippen molar-refractivity contribution in [1.29, 1.82) is 0 Å². The number of hydrogen-bond donors (Lipinski definition) is 2. The molecule has 0 saturated carbocycles. The van der Waals surface area contributed by atoms with Crippen LogP contribution in [0.5, 0.6) is 0 Å². The van der Waals surface area contributed by atoms with E-state index in [0.29, 0.717) is 11.8 Å². The van der Waals surface area contributed by atoms with E-state index < -0.39 is 0 Å². The van der Waals surface area contributed by atoms with Crippen LogP contribution in [0.1, 0.15) is 69.2 Å². The van der Waals surface area contributed by atoms with E-state index in [0.717, 1.165) is 19.3 Å². The molecule has 8 unspecified atom stereocenters. The fourth-order valence-corrected chi connectivity index (χ4v) is 10.6. The topological polar surface area (TPSA) is 27.7 Å². The smallest absolute Gasteiger partial charge is 0.291 e. The first-order valence-corrected chi connectivity index (χ1v) is 19.9. The Morgan fingerprint density at radius 3 is 2.52 bits per heavy atom. The van der Waals surface area contributed by atoms with Crippen LogP contribution in [0, 0.1) is 24.2 Å². The van der Waals surface area contributed by atoms with Crippen molar-refractivity contribution >= 4 is 33.1 Å². The number of fused-ring (bicyclic) bond motifs is 6. The number of aryl methyl sites for hydroxylation is 1. The quantitative estimate of drug-likeness (QED) is 0.178. The highest BCUT2D eigenvalue weighted by Crippen LogP contribution is 2.58. The molecule has 1 aromatic heterocycles. The van der Waals surface area contributed by atoms with Crippen molar-refractivity contribution in [2.24, 2.45) is 17.3 Å². The summed E-state index contributed by atoms with van der Waals surface area (Å²) >= 11 is 0. The molecular formula is C49H48N5+. The molecule has 3 aliphatic carbocycles. The highest BCUT2D eigenvalue weighted by atomic mass is 16.0. The number of quaternary nitrogens is 1. The number of hydrogen-bond acceptors (Lipinski definition) is 3.